The molecule has 1 N–H and O–H groups in total. The maximum absolute atomic E-state index is 12.4. The Morgan fingerprint density at radius 2 is 1.75 bits per heavy atom. The molecule has 0 aliphatic carbocycles. The van der Waals surface area contributed by atoms with Gasteiger partial charge < -0.3 is 9.47 Å². The van der Waals surface area contributed by atoms with E-state index in [9.17, 15) is 16.8 Å². The maximum Gasteiger partial charge on any atom is 0.244 e. The van der Waals surface area contributed by atoms with Crippen molar-refractivity contribution >= 4 is 20.0 Å². The molecule has 10 heteroatoms. The van der Waals surface area contributed by atoms with Crippen LogP contribution in [0.1, 0.15) is 12.8 Å². The average molecular weight is 378 g/mol. The van der Waals surface area contributed by atoms with Crippen LogP contribution >= 0.6 is 0 Å². The summed E-state index contributed by atoms with van der Waals surface area (Å²) >= 11 is 0. The molecular formula is C14H22N2O6S2. The largest absolute Gasteiger partial charge is 0.497 e. The van der Waals surface area contributed by atoms with Crippen LogP contribution in [0, 0.1) is 0 Å². The molecule has 0 bridgehead atoms. The Balaban J connectivity index is 2.06. The molecule has 0 radical (unpaired) electrons. The van der Waals surface area contributed by atoms with Crippen molar-refractivity contribution in [3.05, 3.63) is 18.2 Å². The molecular weight excluding hydrogens is 356 g/mol. The van der Waals surface area contributed by atoms with Crippen LogP contribution < -0.4 is 14.2 Å². The summed E-state index contributed by atoms with van der Waals surface area (Å²) in [6, 6.07) is 4.31. The van der Waals surface area contributed by atoms with E-state index in [1.807, 2.05) is 0 Å². The van der Waals surface area contributed by atoms with Gasteiger partial charge in [-0.15, -0.1) is 0 Å². The molecule has 2 rings (SSSR count). The Kier molecular flexibility index (Phi) is 6.07. The highest BCUT2D eigenvalue weighted by Crippen LogP contribution is 2.28. The summed E-state index contributed by atoms with van der Waals surface area (Å²) in [5.74, 6) is 0.316. The molecule has 0 unspecified atom stereocenters. The monoisotopic (exact) mass is 378 g/mol. The lowest BCUT2D eigenvalue weighted by atomic mass is 10.3. The van der Waals surface area contributed by atoms with Gasteiger partial charge in [0.15, 0.2) is 0 Å². The molecule has 0 saturated carbocycles. The summed E-state index contributed by atoms with van der Waals surface area (Å²) in [5.41, 5.74) is 0. The highest BCUT2D eigenvalue weighted by molar-refractivity contribution is 7.90. The molecule has 1 fully saturated rings. The second kappa shape index (κ2) is 7.68. The first-order chi connectivity index (χ1) is 11.3. The van der Waals surface area contributed by atoms with E-state index < -0.39 is 20.0 Å². The fraction of sp³-hybridized carbons (Fsp3) is 0.571. The summed E-state index contributed by atoms with van der Waals surface area (Å²) in [5, 5.41) is 0. The number of methoxy groups -OCH3 is 2. The first-order valence-electron chi connectivity index (χ1n) is 7.49. The molecule has 0 atom stereocenters. The number of nitrogens with zero attached hydrogens (tertiary/aromatic N) is 1. The van der Waals surface area contributed by atoms with Crippen LogP contribution in [0.4, 0.5) is 0 Å². The van der Waals surface area contributed by atoms with Crippen LogP contribution in [-0.2, 0) is 20.0 Å². The molecule has 136 valence electrons. The third-order valence-electron chi connectivity index (χ3n) is 3.77. The zero-order chi connectivity index (χ0) is 17.8. The lowest BCUT2D eigenvalue weighted by molar-refractivity contribution is 0.386. The quantitative estimate of drug-likeness (QED) is 0.703. The van der Waals surface area contributed by atoms with Gasteiger partial charge in [-0.25, -0.2) is 25.9 Å². The predicted molar refractivity (Wildman–Crippen MR) is 89.3 cm³/mol. The van der Waals surface area contributed by atoms with Crippen LogP contribution in [0.2, 0.25) is 0 Å². The third kappa shape index (κ3) is 4.38. The normalized spacial score (nSPS) is 16.2. The minimum Gasteiger partial charge on any atom is -0.497 e. The van der Waals surface area contributed by atoms with Gasteiger partial charge >= 0.3 is 0 Å². The van der Waals surface area contributed by atoms with Crippen molar-refractivity contribution in [2.24, 2.45) is 0 Å². The fourth-order valence-corrected chi connectivity index (χ4v) is 5.22. The Bertz CT molecular complexity index is 770. The summed E-state index contributed by atoms with van der Waals surface area (Å²) in [4.78, 5) is -0.0654. The summed E-state index contributed by atoms with van der Waals surface area (Å²) in [7, 11) is -4.51. The Hall–Kier alpha value is -1.36. The smallest absolute Gasteiger partial charge is 0.244 e. The minimum absolute atomic E-state index is 0.0654. The lowest BCUT2D eigenvalue weighted by Gasteiger charge is -2.16. The first-order valence-corrected chi connectivity index (χ1v) is 10.6. The van der Waals surface area contributed by atoms with Gasteiger partial charge in [0, 0.05) is 25.7 Å². The van der Waals surface area contributed by atoms with E-state index >= 15 is 0 Å². The van der Waals surface area contributed by atoms with Gasteiger partial charge in [0.25, 0.3) is 0 Å². The fourth-order valence-electron chi connectivity index (χ4n) is 2.48. The van der Waals surface area contributed by atoms with E-state index in [1.165, 1.54) is 36.7 Å². The number of benzene rings is 1. The number of sulfonamides is 2. The zero-order valence-corrected chi connectivity index (χ0v) is 15.3. The number of nitrogens with one attached hydrogen (secondary N) is 1. The van der Waals surface area contributed by atoms with Crippen molar-refractivity contribution < 1.29 is 26.3 Å². The average Bonchev–Trinajstić information content (AvgIpc) is 3.09. The second-order valence-corrected chi connectivity index (χ2v) is 9.16. The van der Waals surface area contributed by atoms with E-state index in [0.717, 1.165) is 12.8 Å². The van der Waals surface area contributed by atoms with Gasteiger partial charge in [-0.3, -0.25) is 0 Å². The Morgan fingerprint density at radius 3 is 2.33 bits per heavy atom. The van der Waals surface area contributed by atoms with Crippen LogP contribution in [-0.4, -0.2) is 60.7 Å². The van der Waals surface area contributed by atoms with Gasteiger partial charge in [0.2, 0.25) is 20.0 Å². The Morgan fingerprint density at radius 1 is 1.08 bits per heavy atom. The molecule has 0 aromatic heterocycles. The van der Waals surface area contributed by atoms with E-state index in [4.69, 9.17) is 9.47 Å². The van der Waals surface area contributed by atoms with Gasteiger partial charge in [0.1, 0.15) is 16.4 Å². The summed E-state index contributed by atoms with van der Waals surface area (Å²) in [6.07, 6.45) is 1.68. The van der Waals surface area contributed by atoms with E-state index in [2.05, 4.69) is 4.72 Å². The summed E-state index contributed by atoms with van der Waals surface area (Å²) in [6.45, 7) is 0.805. The van der Waals surface area contributed by atoms with Crippen molar-refractivity contribution in [1.29, 1.82) is 0 Å². The zero-order valence-electron chi connectivity index (χ0n) is 13.7. The molecule has 24 heavy (non-hydrogen) atoms. The molecule has 1 aliphatic rings. The molecule has 0 spiro atoms. The predicted octanol–water partition coefficient (Wildman–Crippen LogP) is 0.408. The van der Waals surface area contributed by atoms with Crippen LogP contribution in [0.25, 0.3) is 0 Å². The number of ether oxygens (including phenoxy) is 2. The van der Waals surface area contributed by atoms with Crippen LogP contribution in [0.3, 0.4) is 0 Å². The van der Waals surface area contributed by atoms with Crippen LogP contribution in [0.15, 0.2) is 23.1 Å². The van der Waals surface area contributed by atoms with Crippen molar-refractivity contribution in [2.75, 3.05) is 39.6 Å². The molecule has 1 saturated heterocycles. The van der Waals surface area contributed by atoms with E-state index in [1.54, 1.807) is 0 Å². The van der Waals surface area contributed by atoms with Gasteiger partial charge in [-0.1, -0.05) is 0 Å². The molecule has 8 nitrogen and oxygen atoms in total. The highest BCUT2D eigenvalue weighted by atomic mass is 32.2. The number of hydrogen-bond donors (Lipinski definition) is 1. The van der Waals surface area contributed by atoms with Crippen molar-refractivity contribution in [1.82, 2.24) is 9.03 Å². The lowest BCUT2D eigenvalue weighted by Crippen LogP contribution is -2.36. The molecule has 0 amide bonds. The highest BCUT2D eigenvalue weighted by Gasteiger charge is 2.26. The first kappa shape index (κ1) is 19.0. The van der Waals surface area contributed by atoms with Crippen molar-refractivity contribution in [3.63, 3.8) is 0 Å². The van der Waals surface area contributed by atoms with Gasteiger partial charge in [-0.2, -0.15) is 0 Å². The SMILES string of the molecule is COc1ccc(S(=O)(=O)NCCS(=O)(=O)N2CCCC2)c(OC)c1. The Labute approximate surface area is 142 Å². The number of rotatable bonds is 8. The molecule has 1 heterocycles. The standard InChI is InChI=1S/C14H22N2O6S2/c1-21-12-5-6-14(13(11-12)22-2)24(19,20)15-7-10-23(17,18)16-8-3-4-9-16/h5-6,11,15H,3-4,7-10H2,1-2H3. The topological polar surface area (TPSA) is 102 Å². The molecule has 1 aromatic carbocycles. The van der Waals surface area contributed by atoms with Gasteiger partial charge in [-0.05, 0) is 25.0 Å². The van der Waals surface area contributed by atoms with Gasteiger partial charge in [0.05, 0.1) is 20.0 Å². The summed E-state index contributed by atoms with van der Waals surface area (Å²) < 4.78 is 62.8. The molecule has 1 aliphatic heterocycles. The van der Waals surface area contributed by atoms with E-state index in [0.29, 0.717) is 18.8 Å². The maximum atomic E-state index is 12.4. The third-order valence-corrected chi connectivity index (χ3v) is 7.14. The number of hydrogen-bond acceptors (Lipinski definition) is 6. The second-order valence-electron chi connectivity index (χ2n) is 5.34. The molecule has 1 aromatic rings. The van der Waals surface area contributed by atoms with Crippen molar-refractivity contribution in [2.45, 2.75) is 17.7 Å². The van der Waals surface area contributed by atoms with E-state index in [-0.39, 0.29) is 22.9 Å². The van der Waals surface area contributed by atoms with Crippen LogP contribution in [0.5, 0.6) is 11.5 Å². The van der Waals surface area contributed by atoms with Crippen molar-refractivity contribution in [3.8, 4) is 11.5 Å². The minimum atomic E-state index is -3.89.